The highest BCUT2D eigenvalue weighted by atomic mass is 19.4. The number of nitrogens with two attached hydrogens (primary N) is 1. The first-order valence-electron chi connectivity index (χ1n) is 20.7. The van der Waals surface area contributed by atoms with E-state index in [-0.39, 0.29) is 31.0 Å². The van der Waals surface area contributed by atoms with Gasteiger partial charge in [0.25, 0.3) is 5.91 Å². The summed E-state index contributed by atoms with van der Waals surface area (Å²) in [7, 11) is 0. The highest BCUT2D eigenvalue weighted by Gasteiger charge is 2.38. The van der Waals surface area contributed by atoms with Crippen LogP contribution in [0.1, 0.15) is 77.0 Å². The maximum atomic E-state index is 14.8. The van der Waals surface area contributed by atoms with E-state index >= 15 is 0 Å². The number of esters is 1. The molecule has 3 aromatic rings. The number of carbonyl (C=O) groups is 2. The lowest BCUT2D eigenvalue weighted by molar-refractivity contribution is -0.155. The van der Waals surface area contributed by atoms with Crippen LogP contribution in [0.25, 0.3) is 22.2 Å². The number of aromatic nitrogens is 2. The summed E-state index contributed by atoms with van der Waals surface area (Å²) < 4.78 is 57.9. The Labute approximate surface area is 332 Å². The van der Waals surface area contributed by atoms with Crippen molar-refractivity contribution in [3.63, 3.8) is 0 Å². The summed E-state index contributed by atoms with van der Waals surface area (Å²) in [6.45, 7) is 12.3. The Morgan fingerprint density at radius 1 is 1.00 bits per heavy atom. The van der Waals surface area contributed by atoms with E-state index < -0.39 is 36.2 Å². The fourth-order valence-electron chi connectivity index (χ4n) is 9.20. The topological polar surface area (TPSA) is 121 Å². The molecule has 3 saturated heterocycles. The average Bonchev–Trinajstić information content (AvgIpc) is 4.00. The third-order valence-electron chi connectivity index (χ3n) is 12.3. The summed E-state index contributed by atoms with van der Waals surface area (Å²) in [6.07, 6.45) is 1.21. The number of nitrogens with one attached hydrogen (secondary N) is 1. The molecule has 0 spiro atoms. The number of nitrogens with zero attached hydrogens (tertiary/aromatic N) is 6. The van der Waals surface area contributed by atoms with E-state index in [1.807, 2.05) is 46.0 Å². The second kappa shape index (κ2) is 15.7. The second-order valence-corrected chi connectivity index (χ2v) is 17.8. The zero-order valence-electron chi connectivity index (χ0n) is 33.6. The van der Waals surface area contributed by atoms with E-state index in [1.165, 1.54) is 22.4 Å². The van der Waals surface area contributed by atoms with Crippen molar-refractivity contribution < 1.29 is 32.2 Å². The molecule has 6 heterocycles. The van der Waals surface area contributed by atoms with Gasteiger partial charge in [-0.05, 0) is 74.3 Å². The maximum absolute atomic E-state index is 14.8. The number of carbonyl (C=O) groups excluding carboxylic acids is 2. The summed E-state index contributed by atoms with van der Waals surface area (Å²) in [5.41, 5.74) is 13.7. The molecule has 3 atom stereocenters. The predicted octanol–water partition coefficient (Wildman–Crippen LogP) is 5.22. The molecule has 3 N–H and O–H groups in total. The highest BCUT2D eigenvalue weighted by molar-refractivity contribution is 5.95. The first-order chi connectivity index (χ1) is 27.1. The van der Waals surface area contributed by atoms with Gasteiger partial charge in [0.15, 0.2) is 0 Å². The molecule has 6 bridgehead atoms. The van der Waals surface area contributed by atoms with E-state index in [0.717, 1.165) is 48.8 Å². The number of rotatable bonds is 5. The lowest BCUT2D eigenvalue weighted by Gasteiger charge is -2.37. The van der Waals surface area contributed by atoms with Gasteiger partial charge in [-0.3, -0.25) is 24.5 Å². The fraction of sp³-hybridized carbons (Fsp3) is 0.643. The molecule has 57 heavy (non-hydrogen) atoms. The summed E-state index contributed by atoms with van der Waals surface area (Å²) >= 11 is 0. The molecule has 5 aliphatic rings. The van der Waals surface area contributed by atoms with Crippen LogP contribution >= 0.6 is 0 Å². The molecule has 15 heteroatoms. The SMILES string of the molecule is CC(C)c1ncc(N2CCN(C3CC3)CC2)cc1-c1c2c3cc(ccc3n1CC(F)(F)F)N1CCO[C@@H](C[C@H](N)C(=O)N3CCC[C@H](N3)C(=O)OCC(C)(C)C2)C1. The number of amides is 1. The molecular formula is C42H57F3N8O4. The standard InChI is InChI=1S/C42H57F3N8O4/c1-26(2)37-32(19-29(22-47-37)50-14-12-49(13-15-50)27-7-8-27)38-33-21-41(3,4)25-57-40(55)35-6-5-11-53(48-35)39(54)34(46)20-30-23-51(16-17-56-30)28-9-10-36(31(33)18-28)52(38)24-42(43,44)45/h9-10,18-19,22,26-27,30,34-35,48H,5-8,11-17,20-21,23-25,46H2,1-4H3/t30-,34-,35-/m0/s1. The van der Waals surface area contributed by atoms with Gasteiger partial charge < -0.3 is 29.6 Å². The number of hydrogen-bond donors (Lipinski definition) is 2. The van der Waals surface area contributed by atoms with Crippen molar-refractivity contribution >= 4 is 34.2 Å². The molecule has 1 amide bonds. The first-order valence-corrected chi connectivity index (χ1v) is 20.7. The zero-order valence-corrected chi connectivity index (χ0v) is 33.6. The molecule has 4 fully saturated rings. The highest BCUT2D eigenvalue weighted by Crippen LogP contribution is 2.44. The van der Waals surface area contributed by atoms with E-state index in [4.69, 9.17) is 20.2 Å². The van der Waals surface area contributed by atoms with Gasteiger partial charge in [0.1, 0.15) is 12.6 Å². The first kappa shape index (κ1) is 39.9. The predicted molar refractivity (Wildman–Crippen MR) is 213 cm³/mol. The fourth-order valence-corrected chi connectivity index (χ4v) is 9.20. The number of piperazine rings is 1. The number of cyclic esters (lactones) is 1. The van der Waals surface area contributed by atoms with Crippen LogP contribution in [0.3, 0.4) is 0 Å². The van der Waals surface area contributed by atoms with Gasteiger partial charge >= 0.3 is 12.1 Å². The zero-order chi connectivity index (χ0) is 40.2. The normalized spacial score (nSPS) is 25.6. The third-order valence-corrected chi connectivity index (χ3v) is 12.3. The maximum Gasteiger partial charge on any atom is 0.406 e. The van der Waals surface area contributed by atoms with E-state index in [9.17, 15) is 22.8 Å². The van der Waals surface area contributed by atoms with Crippen molar-refractivity contribution in [1.82, 2.24) is 24.9 Å². The number of anilines is 2. The van der Waals surface area contributed by atoms with E-state index in [1.54, 1.807) is 6.07 Å². The Bertz CT molecular complexity index is 1970. The van der Waals surface area contributed by atoms with Crippen molar-refractivity contribution in [1.29, 1.82) is 0 Å². The molecule has 1 aliphatic carbocycles. The van der Waals surface area contributed by atoms with Crippen LogP contribution < -0.4 is 21.0 Å². The molecular weight excluding hydrogens is 738 g/mol. The van der Waals surface area contributed by atoms with Gasteiger partial charge in [-0.1, -0.05) is 27.7 Å². The van der Waals surface area contributed by atoms with Crippen LogP contribution in [0.2, 0.25) is 0 Å². The number of benzene rings is 1. The molecule has 0 radical (unpaired) electrons. The molecule has 8 rings (SSSR count). The van der Waals surface area contributed by atoms with Crippen molar-refractivity contribution in [2.45, 2.75) is 109 Å². The third kappa shape index (κ3) is 8.62. The van der Waals surface area contributed by atoms with Gasteiger partial charge in [-0.15, -0.1) is 0 Å². The molecule has 4 aliphatic heterocycles. The number of hydrogen-bond acceptors (Lipinski definition) is 10. The number of ether oxygens (including phenoxy) is 2. The van der Waals surface area contributed by atoms with Crippen molar-refractivity contribution in [2.24, 2.45) is 11.1 Å². The summed E-state index contributed by atoms with van der Waals surface area (Å²) in [4.78, 5) is 39.0. The number of pyridine rings is 1. The van der Waals surface area contributed by atoms with E-state index in [0.29, 0.717) is 73.7 Å². The van der Waals surface area contributed by atoms with Crippen molar-refractivity contribution in [3.8, 4) is 11.3 Å². The molecule has 1 saturated carbocycles. The Kier molecular flexibility index (Phi) is 11.0. The Morgan fingerprint density at radius 3 is 2.49 bits per heavy atom. The smallest absolute Gasteiger partial charge is 0.406 e. The number of alkyl halides is 3. The van der Waals surface area contributed by atoms with Crippen LogP contribution in [0.4, 0.5) is 24.5 Å². The lowest BCUT2D eigenvalue weighted by Crippen LogP contribution is -2.59. The summed E-state index contributed by atoms with van der Waals surface area (Å²) in [5, 5.41) is 2.15. The number of halogens is 3. The van der Waals surface area contributed by atoms with Gasteiger partial charge in [-0.25, -0.2) is 5.43 Å². The molecule has 12 nitrogen and oxygen atoms in total. The Morgan fingerprint density at radius 2 is 1.77 bits per heavy atom. The molecule has 1 aromatic carbocycles. The van der Waals surface area contributed by atoms with E-state index in [2.05, 4.69) is 26.2 Å². The Balaban J connectivity index is 1.27. The number of morpholine rings is 1. The monoisotopic (exact) mass is 794 g/mol. The summed E-state index contributed by atoms with van der Waals surface area (Å²) in [6, 6.07) is 6.84. The average molecular weight is 795 g/mol. The van der Waals surface area contributed by atoms with Crippen LogP contribution in [-0.2, 0) is 32.0 Å². The van der Waals surface area contributed by atoms with Gasteiger partial charge in [-0.2, -0.15) is 13.2 Å². The minimum atomic E-state index is -4.51. The van der Waals surface area contributed by atoms with Crippen LogP contribution in [0, 0.1) is 5.41 Å². The van der Waals surface area contributed by atoms with Gasteiger partial charge in [0.2, 0.25) is 0 Å². The minimum absolute atomic E-state index is 0.0221. The van der Waals surface area contributed by atoms with Crippen LogP contribution in [-0.4, -0.2) is 121 Å². The Hall–Kier alpha value is -3.92. The quantitative estimate of drug-likeness (QED) is 0.333. The molecule has 2 aromatic heterocycles. The minimum Gasteiger partial charge on any atom is -0.464 e. The van der Waals surface area contributed by atoms with Crippen molar-refractivity contribution in [3.05, 3.63) is 41.7 Å². The largest absolute Gasteiger partial charge is 0.464 e. The molecule has 310 valence electrons. The molecule has 0 unspecified atom stereocenters. The summed E-state index contributed by atoms with van der Waals surface area (Å²) in [5.74, 6) is -0.858. The van der Waals surface area contributed by atoms with Crippen LogP contribution in [0.5, 0.6) is 0 Å². The van der Waals surface area contributed by atoms with Crippen LogP contribution in [0.15, 0.2) is 30.5 Å². The number of fused-ring (bicyclic) bond motifs is 6. The lowest BCUT2D eigenvalue weighted by atomic mass is 9.84. The van der Waals surface area contributed by atoms with Crippen molar-refractivity contribution in [2.75, 3.05) is 68.8 Å². The second-order valence-electron chi connectivity index (χ2n) is 17.8. The number of hydrazine groups is 1. The van der Waals surface area contributed by atoms with Gasteiger partial charge in [0.05, 0.1) is 48.6 Å². The van der Waals surface area contributed by atoms with Gasteiger partial charge in [0, 0.05) is 79.4 Å².